The van der Waals surface area contributed by atoms with Crippen molar-refractivity contribution < 1.29 is 0 Å². The van der Waals surface area contributed by atoms with Gasteiger partial charge < -0.3 is 15.3 Å². The Bertz CT molecular complexity index is 822. The van der Waals surface area contributed by atoms with Crippen LogP contribution in [0.3, 0.4) is 0 Å². The summed E-state index contributed by atoms with van der Waals surface area (Å²) in [6, 6.07) is 13.9. The zero-order valence-corrected chi connectivity index (χ0v) is 12.4. The Morgan fingerprint density at radius 2 is 1.90 bits per heavy atom. The molecule has 0 saturated carbocycles. The van der Waals surface area contributed by atoms with Crippen LogP contribution in [0, 0.1) is 0 Å². The van der Waals surface area contributed by atoms with Crippen LogP contribution >= 0.6 is 11.6 Å². The van der Waals surface area contributed by atoms with Gasteiger partial charge in [-0.1, -0.05) is 35.9 Å². The molecule has 3 aromatic rings. The Hall–Kier alpha value is -2.04. The van der Waals surface area contributed by atoms with E-state index in [-0.39, 0.29) is 11.7 Å². The number of benzene rings is 2. The first-order chi connectivity index (χ1) is 10.2. The molecule has 0 radical (unpaired) electrons. The zero-order chi connectivity index (χ0) is 14.8. The number of nitrogens with one attached hydrogen (secondary N) is 3. The standard InChI is InChI=1S/C16H16ClN3O/c1-18-14(8-10-4-2-3-5-12(10)17)11-6-7-13-15(9-11)20-16(21)19-13/h2-7,9,14,18H,8H2,1H3,(H2,19,20,21). The van der Waals surface area contributed by atoms with E-state index in [1.807, 2.05) is 49.5 Å². The van der Waals surface area contributed by atoms with Crippen LogP contribution in [-0.2, 0) is 6.42 Å². The van der Waals surface area contributed by atoms with Gasteiger partial charge in [-0.3, -0.25) is 0 Å². The molecule has 21 heavy (non-hydrogen) atoms. The molecule has 4 nitrogen and oxygen atoms in total. The van der Waals surface area contributed by atoms with Gasteiger partial charge in [-0.05, 0) is 42.8 Å². The number of aromatic nitrogens is 2. The number of hydrogen-bond donors (Lipinski definition) is 3. The van der Waals surface area contributed by atoms with E-state index >= 15 is 0 Å². The van der Waals surface area contributed by atoms with Crippen LogP contribution in [0.5, 0.6) is 0 Å². The molecule has 2 aromatic carbocycles. The normalized spacial score (nSPS) is 12.7. The van der Waals surface area contributed by atoms with E-state index in [0.29, 0.717) is 0 Å². The molecule has 0 amide bonds. The number of likely N-dealkylation sites (N-methyl/N-ethyl adjacent to an activating group) is 1. The van der Waals surface area contributed by atoms with Gasteiger partial charge in [0, 0.05) is 11.1 Å². The first-order valence-corrected chi connectivity index (χ1v) is 7.18. The lowest BCUT2D eigenvalue weighted by atomic mass is 9.98. The largest absolute Gasteiger partial charge is 0.323 e. The smallest absolute Gasteiger partial charge is 0.313 e. The van der Waals surface area contributed by atoms with E-state index in [9.17, 15) is 4.79 Å². The first kappa shape index (κ1) is 13.9. The second-order valence-electron chi connectivity index (χ2n) is 5.02. The molecule has 1 heterocycles. The molecule has 5 heteroatoms. The quantitative estimate of drug-likeness (QED) is 0.694. The summed E-state index contributed by atoms with van der Waals surface area (Å²) in [6.45, 7) is 0. The van der Waals surface area contributed by atoms with Gasteiger partial charge in [0.2, 0.25) is 0 Å². The molecule has 108 valence electrons. The van der Waals surface area contributed by atoms with Crippen LogP contribution in [-0.4, -0.2) is 17.0 Å². The maximum atomic E-state index is 11.3. The molecular weight excluding hydrogens is 286 g/mol. The summed E-state index contributed by atoms with van der Waals surface area (Å²) in [4.78, 5) is 16.9. The van der Waals surface area contributed by atoms with Crippen molar-refractivity contribution in [3.63, 3.8) is 0 Å². The second-order valence-corrected chi connectivity index (χ2v) is 5.43. The van der Waals surface area contributed by atoms with Crippen LogP contribution in [0.4, 0.5) is 0 Å². The molecule has 0 aliphatic carbocycles. The lowest BCUT2D eigenvalue weighted by Crippen LogP contribution is -2.19. The van der Waals surface area contributed by atoms with Gasteiger partial charge >= 0.3 is 5.69 Å². The summed E-state index contributed by atoms with van der Waals surface area (Å²) < 4.78 is 0. The average molecular weight is 302 g/mol. The number of aromatic amines is 2. The summed E-state index contributed by atoms with van der Waals surface area (Å²) >= 11 is 6.23. The highest BCUT2D eigenvalue weighted by atomic mass is 35.5. The molecule has 0 spiro atoms. The lowest BCUT2D eigenvalue weighted by Gasteiger charge is -2.17. The van der Waals surface area contributed by atoms with E-state index in [1.54, 1.807) is 0 Å². The number of halogens is 1. The Morgan fingerprint density at radius 1 is 1.14 bits per heavy atom. The Labute approximate surface area is 127 Å². The molecule has 1 atom stereocenters. The van der Waals surface area contributed by atoms with Gasteiger partial charge in [0.05, 0.1) is 11.0 Å². The number of hydrogen-bond acceptors (Lipinski definition) is 2. The molecule has 0 saturated heterocycles. The summed E-state index contributed by atoms with van der Waals surface area (Å²) in [5.74, 6) is 0. The fourth-order valence-corrected chi connectivity index (χ4v) is 2.75. The molecule has 0 bridgehead atoms. The third-order valence-corrected chi connectivity index (χ3v) is 4.04. The van der Waals surface area contributed by atoms with Crippen molar-refractivity contribution in [3.05, 3.63) is 69.1 Å². The highest BCUT2D eigenvalue weighted by molar-refractivity contribution is 6.31. The Morgan fingerprint density at radius 3 is 2.67 bits per heavy atom. The summed E-state index contributed by atoms with van der Waals surface area (Å²) in [5.41, 5.74) is 3.66. The van der Waals surface area contributed by atoms with Crippen molar-refractivity contribution in [3.8, 4) is 0 Å². The molecule has 1 aromatic heterocycles. The maximum Gasteiger partial charge on any atom is 0.323 e. The van der Waals surface area contributed by atoms with E-state index in [0.717, 1.165) is 33.6 Å². The van der Waals surface area contributed by atoms with Gasteiger partial charge in [-0.25, -0.2) is 4.79 Å². The predicted octanol–water partition coefficient (Wildman–Crippen LogP) is 3.01. The molecule has 3 N–H and O–H groups in total. The minimum Gasteiger partial charge on any atom is -0.313 e. The first-order valence-electron chi connectivity index (χ1n) is 6.80. The van der Waals surface area contributed by atoms with Crippen LogP contribution in [0.2, 0.25) is 5.02 Å². The monoisotopic (exact) mass is 301 g/mol. The minimum absolute atomic E-state index is 0.132. The van der Waals surface area contributed by atoms with Gasteiger partial charge in [0.25, 0.3) is 0 Å². The second kappa shape index (κ2) is 5.76. The molecule has 0 aliphatic rings. The molecular formula is C16H16ClN3O. The summed E-state index contributed by atoms with van der Waals surface area (Å²) in [7, 11) is 1.92. The van der Waals surface area contributed by atoms with E-state index in [4.69, 9.17) is 11.6 Å². The van der Waals surface area contributed by atoms with Crippen LogP contribution in [0.1, 0.15) is 17.2 Å². The van der Waals surface area contributed by atoms with Crippen molar-refractivity contribution in [2.24, 2.45) is 0 Å². The fraction of sp³-hybridized carbons (Fsp3) is 0.188. The number of fused-ring (bicyclic) bond motifs is 1. The summed E-state index contributed by atoms with van der Waals surface area (Å²) in [5, 5.41) is 4.08. The highest BCUT2D eigenvalue weighted by Crippen LogP contribution is 2.24. The molecule has 3 rings (SSSR count). The molecule has 0 fully saturated rings. The van der Waals surface area contributed by atoms with Crippen molar-refractivity contribution >= 4 is 22.6 Å². The SMILES string of the molecule is CNC(Cc1ccccc1Cl)c1ccc2[nH]c(=O)[nH]c2c1. The third-order valence-electron chi connectivity index (χ3n) is 3.67. The van der Waals surface area contributed by atoms with Crippen molar-refractivity contribution in [1.29, 1.82) is 0 Å². The van der Waals surface area contributed by atoms with Crippen molar-refractivity contribution in [2.75, 3.05) is 7.05 Å². The maximum absolute atomic E-state index is 11.3. The topological polar surface area (TPSA) is 60.7 Å². The number of imidazole rings is 1. The van der Waals surface area contributed by atoms with Crippen LogP contribution < -0.4 is 11.0 Å². The third kappa shape index (κ3) is 2.86. The Kier molecular flexibility index (Phi) is 3.82. The Balaban J connectivity index is 1.94. The van der Waals surface area contributed by atoms with Gasteiger partial charge in [-0.15, -0.1) is 0 Å². The van der Waals surface area contributed by atoms with Crippen LogP contribution in [0.15, 0.2) is 47.3 Å². The molecule has 1 unspecified atom stereocenters. The molecule has 0 aliphatic heterocycles. The lowest BCUT2D eigenvalue weighted by molar-refractivity contribution is 0.593. The predicted molar refractivity (Wildman–Crippen MR) is 85.9 cm³/mol. The number of rotatable bonds is 4. The number of H-pyrrole nitrogens is 2. The fourth-order valence-electron chi connectivity index (χ4n) is 2.54. The van der Waals surface area contributed by atoms with Gasteiger partial charge in [-0.2, -0.15) is 0 Å². The van der Waals surface area contributed by atoms with Gasteiger partial charge in [0.1, 0.15) is 0 Å². The van der Waals surface area contributed by atoms with Gasteiger partial charge in [0.15, 0.2) is 0 Å². The van der Waals surface area contributed by atoms with E-state index in [1.165, 1.54) is 0 Å². The van der Waals surface area contributed by atoms with Crippen molar-refractivity contribution in [1.82, 2.24) is 15.3 Å². The van der Waals surface area contributed by atoms with Crippen LogP contribution in [0.25, 0.3) is 11.0 Å². The minimum atomic E-state index is -0.186. The van der Waals surface area contributed by atoms with E-state index < -0.39 is 0 Å². The average Bonchev–Trinajstić information content (AvgIpc) is 2.85. The zero-order valence-electron chi connectivity index (χ0n) is 11.6. The highest BCUT2D eigenvalue weighted by Gasteiger charge is 2.13. The summed E-state index contributed by atoms with van der Waals surface area (Å²) in [6.07, 6.45) is 0.788. The van der Waals surface area contributed by atoms with E-state index in [2.05, 4.69) is 15.3 Å². The van der Waals surface area contributed by atoms with Crippen molar-refractivity contribution in [2.45, 2.75) is 12.5 Å².